The standard InChI is InChI=1S/C20H17N5O3S/c1-12-18(25(27)28)13(2)24(23-12)11-14-7-9-15(10-8-14)19(26)22-20-21-16-5-3-4-6-17(16)29-20/h3-10H,11H2,1-2H3,(H,21,22,26). The number of aryl methyl sites for hydroxylation is 1. The lowest BCUT2D eigenvalue weighted by molar-refractivity contribution is -0.386. The van der Waals surface area contributed by atoms with E-state index >= 15 is 0 Å². The van der Waals surface area contributed by atoms with Crippen molar-refractivity contribution in [3.8, 4) is 0 Å². The molecule has 0 aliphatic carbocycles. The van der Waals surface area contributed by atoms with Crippen molar-refractivity contribution in [1.29, 1.82) is 0 Å². The second kappa shape index (κ2) is 7.44. The van der Waals surface area contributed by atoms with Crippen LogP contribution in [0.5, 0.6) is 0 Å². The molecule has 0 saturated heterocycles. The summed E-state index contributed by atoms with van der Waals surface area (Å²) in [6.45, 7) is 3.69. The molecule has 2 heterocycles. The summed E-state index contributed by atoms with van der Waals surface area (Å²) in [6, 6.07) is 14.8. The van der Waals surface area contributed by atoms with Crippen LogP contribution in [0.2, 0.25) is 0 Å². The van der Waals surface area contributed by atoms with Crippen LogP contribution in [0, 0.1) is 24.0 Å². The maximum absolute atomic E-state index is 12.5. The smallest absolute Gasteiger partial charge is 0.298 e. The Morgan fingerprint density at radius 3 is 2.55 bits per heavy atom. The van der Waals surface area contributed by atoms with Crippen molar-refractivity contribution in [1.82, 2.24) is 14.8 Å². The molecule has 29 heavy (non-hydrogen) atoms. The van der Waals surface area contributed by atoms with E-state index in [1.54, 1.807) is 30.7 Å². The Labute approximate surface area is 170 Å². The number of nitro groups is 1. The highest BCUT2D eigenvalue weighted by atomic mass is 32.1. The van der Waals surface area contributed by atoms with Gasteiger partial charge in [0.1, 0.15) is 11.4 Å². The van der Waals surface area contributed by atoms with E-state index in [2.05, 4.69) is 15.4 Å². The highest BCUT2D eigenvalue weighted by Gasteiger charge is 2.21. The van der Waals surface area contributed by atoms with E-state index in [4.69, 9.17) is 0 Å². The number of rotatable bonds is 5. The van der Waals surface area contributed by atoms with Crippen LogP contribution in [-0.2, 0) is 6.54 Å². The van der Waals surface area contributed by atoms with E-state index in [1.807, 2.05) is 36.4 Å². The average molecular weight is 407 g/mol. The molecule has 0 radical (unpaired) electrons. The molecular formula is C20H17N5O3S. The maximum Gasteiger partial charge on any atom is 0.312 e. The third-order valence-electron chi connectivity index (χ3n) is 4.59. The van der Waals surface area contributed by atoms with Crippen LogP contribution < -0.4 is 5.32 Å². The number of nitrogens with zero attached hydrogens (tertiary/aromatic N) is 4. The zero-order chi connectivity index (χ0) is 20.5. The quantitative estimate of drug-likeness (QED) is 0.392. The molecule has 0 unspecified atom stereocenters. The first-order chi connectivity index (χ1) is 13.9. The van der Waals surface area contributed by atoms with Crippen molar-refractivity contribution in [2.75, 3.05) is 5.32 Å². The summed E-state index contributed by atoms with van der Waals surface area (Å²) < 4.78 is 2.61. The number of carbonyl (C=O) groups is 1. The van der Waals surface area contributed by atoms with Gasteiger partial charge in [0.25, 0.3) is 5.91 Å². The van der Waals surface area contributed by atoms with Crippen LogP contribution in [0.1, 0.15) is 27.3 Å². The summed E-state index contributed by atoms with van der Waals surface area (Å²) >= 11 is 1.42. The molecular weight excluding hydrogens is 390 g/mol. The molecule has 0 aliphatic heterocycles. The summed E-state index contributed by atoms with van der Waals surface area (Å²) in [5, 5.41) is 18.8. The van der Waals surface area contributed by atoms with Gasteiger partial charge >= 0.3 is 5.69 Å². The van der Waals surface area contributed by atoms with Crippen LogP contribution in [-0.4, -0.2) is 25.6 Å². The molecule has 1 N–H and O–H groups in total. The van der Waals surface area contributed by atoms with Gasteiger partial charge in [-0.3, -0.25) is 24.9 Å². The van der Waals surface area contributed by atoms with Crippen molar-refractivity contribution < 1.29 is 9.72 Å². The van der Waals surface area contributed by atoms with Crippen LogP contribution >= 0.6 is 11.3 Å². The largest absolute Gasteiger partial charge is 0.312 e. The molecule has 0 fully saturated rings. The second-order valence-electron chi connectivity index (χ2n) is 6.57. The summed E-state index contributed by atoms with van der Waals surface area (Å²) in [6.07, 6.45) is 0. The molecule has 0 bridgehead atoms. The van der Waals surface area contributed by atoms with Gasteiger partial charge in [0, 0.05) is 5.56 Å². The fraction of sp³-hybridized carbons (Fsp3) is 0.150. The minimum Gasteiger partial charge on any atom is -0.298 e. The van der Waals surface area contributed by atoms with Crippen LogP contribution in [0.15, 0.2) is 48.5 Å². The topological polar surface area (TPSA) is 103 Å². The summed E-state index contributed by atoms with van der Waals surface area (Å²) in [7, 11) is 0. The lowest BCUT2D eigenvalue weighted by Gasteiger charge is -2.06. The molecule has 146 valence electrons. The molecule has 4 aromatic rings. The molecule has 8 nitrogen and oxygen atoms in total. The van der Waals surface area contributed by atoms with Gasteiger partial charge in [-0.05, 0) is 43.7 Å². The number of carbonyl (C=O) groups excluding carboxylic acids is 1. The molecule has 9 heteroatoms. The van der Waals surface area contributed by atoms with Gasteiger partial charge in [0.05, 0.1) is 21.7 Å². The fourth-order valence-electron chi connectivity index (χ4n) is 3.14. The predicted octanol–water partition coefficient (Wildman–Crippen LogP) is 4.32. The van der Waals surface area contributed by atoms with Crippen molar-refractivity contribution in [3.63, 3.8) is 0 Å². The molecule has 0 atom stereocenters. The van der Waals surface area contributed by atoms with Crippen molar-refractivity contribution in [2.45, 2.75) is 20.4 Å². The minimum atomic E-state index is -0.413. The number of hydrogen-bond acceptors (Lipinski definition) is 6. The number of amides is 1. The SMILES string of the molecule is Cc1nn(Cc2ccc(C(=O)Nc3nc4ccccc4s3)cc2)c(C)c1[N+](=O)[O-]. The Morgan fingerprint density at radius 2 is 1.90 bits per heavy atom. The molecule has 0 spiro atoms. The predicted molar refractivity (Wildman–Crippen MR) is 111 cm³/mol. The number of benzene rings is 2. The zero-order valence-electron chi connectivity index (χ0n) is 15.7. The fourth-order valence-corrected chi connectivity index (χ4v) is 4.00. The van der Waals surface area contributed by atoms with Crippen LogP contribution in [0.4, 0.5) is 10.8 Å². The third-order valence-corrected chi connectivity index (χ3v) is 5.54. The van der Waals surface area contributed by atoms with Crippen LogP contribution in [0.3, 0.4) is 0 Å². The van der Waals surface area contributed by atoms with Gasteiger partial charge in [-0.25, -0.2) is 4.98 Å². The normalized spacial score (nSPS) is 11.0. The number of fused-ring (bicyclic) bond motifs is 1. The monoisotopic (exact) mass is 407 g/mol. The van der Waals surface area contributed by atoms with Gasteiger partial charge in [-0.15, -0.1) is 0 Å². The first-order valence-electron chi connectivity index (χ1n) is 8.86. The summed E-state index contributed by atoms with van der Waals surface area (Å²) in [5.74, 6) is -0.239. The van der Waals surface area contributed by atoms with Gasteiger partial charge in [0.2, 0.25) is 0 Å². The summed E-state index contributed by atoms with van der Waals surface area (Å²) in [5.41, 5.74) is 3.18. The van der Waals surface area contributed by atoms with Crippen molar-refractivity contribution in [2.24, 2.45) is 0 Å². The number of aromatic nitrogens is 3. The van der Waals surface area contributed by atoms with Crippen molar-refractivity contribution in [3.05, 3.63) is 81.2 Å². The van der Waals surface area contributed by atoms with E-state index in [1.165, 1.54) is 11.3 Å². The zero-order valence-corrected chi connectivity index (χ0v) is 16.6. The summed E-state index contributed by atoms with van der Waals surface area (Å²) in [4.78, 5) is 27.6. The lowest BCUT2D eigenvalue weighted by Crippen LogP contribution is -2.12. The lowest BCUT2D eigenvalue weighted by atomic mass is 10.1. The molecule has 2 aromatic heterocycles. The Morgan fingerprint density at radius 1 is 1.17 bits per heavy atom. The molecule has 1 amide bonds. The first kappa shape index (κ1) is 18.8. The highest BCUT2D eigenvalue weighted by Crippen LogP contribution is 2.26. The second-order valence-corrected chi connectivity index (χ2v) is 7.60. The Bertz CT molecular complexity index is 1190. The molecule has 0 aliphatic rings. The van der Waals surface area contributed by atoms with E-state index in [-0.39, 0.29) is 11.6 Å². The van der Waals surface area contributed by atoms with E-state index in [0.29, 0.717) is 28.6 Å². The Hall–Kier alpha value is -3.59. The van der Waals surface area contributed by atoms with Gasteiger partial charge in [-0.1, -0.05) is 35.6 Å². The van der Waals surface area contributed by atoms with Crippen molar-refractivity contribution >= 4 is 38.3 Å². The van der Waals surface area contributed by atoms with E-state index in [9.17, 15) is 14.9 Å². The van der Waals surface area contributed by atoms with Gasteiger partial charge < -0.3 is 0 Å². The Balaban J connectivity index is 1.48. The number of para-hydroxylation sites is 1. The minimum absolute atomic E-state index is 0.0387. The molecule has 4 rings (SSSR count). The third kappa shape index (κ3) is 3.72. The first-order valence-corrected chi connectivity index (χ1v) is 9.68. The van der Waals surface area contributed by atoms with E-state index < -0.39 is 4.92 Å². The molecule has 0 saturated carbocycles. The number of hydrogen-bond donors (Lipinski definition) is 1. The van der Waals surface area contributed by atoms with E-state index in [0.717, 1.165) is 15.8 Å². The number of nitrogens with one attached hydrogen (secondary N) is 1. The molecule has 2 aromatic carbocycles. The Kier molecular flexibility index (Phi) is 4.81. The number of thiazole rings is 1. The number of anilines is 1. The average Bonchev–Trinajstić information content (AvgIpc) is 3.21. The van der Waals surface area contributed by atoms with Gasteiger partial charge in [-0.2, -0.15) is 5.10 Å². The van der Waals surface area contributed by atoms with Gasteiger partial charge in [0.15, 0.2) is 5.13 Å². The highest BCUT2D eigenvalue weighted by molar-refractivity contribution is 7.22. The maximum atomic E-state index is 12.5. The van der Waals surface area contributed by atoms with Crippen LogP contribution in [0.25, 0.3) is 10.2 Å².